The van der Waals surface area contributed by atoms with E-state index in [4.69, 9.17) is 0 Å². The molecule has 0 aromatic heterocycles. The molecule has 0 radical (unpaired) electrons. The van der Waals surface area contributed by atoms with Gasteiger partial charge in [0.15, 0.2) is 0 Å². The quantitative estimate of drug-likeness (QED) is 0.753. The predicted octanol–water partition coefficient (Wildman–Crippen LogP) is 1.99. The molecule has 2 amide bonds. The molecule has 0 aliphatic heterocycles. The van der Waals surface area contributed by atoms with Crippen molar-refractivity contribution in [3.05, 3.63) is 0 Å². The van der Waals surface area contributed by atoms with Gasteiger partial charge in [-0.25, -0.2) is 0 Å². The van der Waals surface area contributed by atoms with Gasteiger partial charge in [0.2, 0.25) is 11.8 Å². The number of nitrogens with one attached hydrogen (secondary N) is 2. The highest BCUT2D eigenvalue weighted by molar-refractivity contribution is 5.79. The summed E-state index contributed by atoms with van der Waals surface area (Å²) in [5.41, 5.74) is -0.433. The van der Waals surface area contributed by atoms with E-state index in [1.807, 2.05) is 55.6 Å². The van der Waals surface area contributed by atoms with Gasteiger partial charge in [-0.15, -0.1) is 0 Å². The monoisotopic (exact) mass is 368 g/mol. The first-order chi connectivity index (χ1) is 11.8. The lowest BCUT2D eigenvalue weighted by atomic mass is 9.88. The maximum Gasteiger partial charge on any atom is 0.234 e. The van der Waals surface area contributed by atoms with E-state index in [1.54, 1.807) is 0 Å². The van der Waals surface area contributed by atoms with Crippen LogP contribution in [0.25, 0.3) is 0 Å². The number of carbonyl (C=O) groups excluding carboxylic acids is 2. The summed E-state index contributed by atoms with van der Waals surface area (Å²) in [5.74, 6) is 0.106. The lowest BCUT2D eigenvalue weighted by Gasteiger charge is -2.42. The van der Waals surface area contributed by atoms with Crippen molar-refractivity contribution < 1.29 is 9.59 Å². The molecule has 6 nitrogen and oxygen atoms in total. The van der Waals surface area contributed by atoms with Gasteiger partial charge in [0.25, 0.3) is 0 Å². The summed E-state index contributed by atoms with van der Waals surface area (Å²) in [6.07, 6.45) is 4.48. The average molecular weight is 369 g/mol. The van der Waals surface area contributed by atoms with Crippen molar-refractivity contribution in [3.8, 4) is 0 Å². The molecule has 2 unspecified atom stereocenters. The van der Waals surface area contributed by atoms with Crippen LogP contribution in [0.1, 0.15) is 67.2 Å². The fourth-order valence-electron chi connectivity index (χ4n) is 3.72. The molecule has 2 atom stereocenters. The highest BCUT2D eigenvalue weighted by Crippen LogP contribution is 2.26. The lowest BCUT2D eigenvalue weighted by Crippen LogP contribution is -2.56. The van der Waals surface area contributed by atoms with Crippen LogP contribution in [0.4, 0.5) is 0 Å². The number of likely N-dealkylation sites (N-methyl/N-ethyl adjacent to an activating group) is 2. The molecule has 1 aliphatic carbocycles. The van der Waals surface area contributed by atoms with Crippen molar-refractivity contribution >= 4 is 11.8 Å². The summed E-state index contributed by atoms with van der Waals surface area (Å²) in [6.45, 7) is 12.8. The number of amides is 2. The van der Waals surface area contributed by atoms with Gasteiger partial charge in [0.1, 0.15) is 0 Å². The first-order valence-electron chi connectivity index (χ1n) is 9.81. The molecule has 0 spiro atoms. The molecule has 0 aromatic rings. The van der Waals surface area contributed by atoms with Crippen molar-refractivity contribution in [1.82, 2.24) is 20.4 Å². The zero-order chi connectivity index (χ0) is 20.1. The Balaban J connectivity index is 2.67. The Bertz CT molecular complexity index is 435. The highest BCUT2D eigenvalue weighted by atomic mass is 16.2. The number of hydrogen-bond acceptors (Lipinski definition) is 4. The maximum absolute atomic E-state index is 12.3. The normalized spacial score (nSPS) is 21.8. The molecule has 1 fully saturated rings. The van der Waals surface area contributed by atoms with Crippen LogP contribution in [-0.2, 0) is 9.59 Å². The van der Waals surface area contributed by atoms with Gasteiger partial charge in [-0.3, -0.25) is 19.4 Å². The van der Waals surface area contributed by atoms with Crippen LogP contribution in [0.15, 0.2) is 0 Å². The number of rotatable bonds is 6. The summed E-state index contributed by atoms with van der Waals surface area (Å²) < 4.78 is 0. The van der Waals surface area contributed by atoms with E-state index in [1.165, 1.54) is 12.8 Å². The minimum absolute atomic E-state index is 0.0532. The Hall–Kier alpha value is -1.14. The largest absolute Gasteiger partial charge is 0.350 e. The average Bonchev–Trinajstić information content (AvgIpc) is 2.42. The van der Waals surface area contributed by atoms with Crippen molar-refractivity contribution in [3.63, 3.8) is 0 Å². The summed E-state index contributed by atoms with van der Waals surface area (Å²) >= 11 is 0. The molecule has 0 aromatic carbocycles. The predicted molar refractivity (Wildman–Crippen MR) is 107 cm³/mol. The molecule has 6 heteroatoms. The zero-order valence-corrected chi connectivity index (χ0v) is 18.1. The Kier molecular flexibility index (Phi) is 8.08. The third kappa shape index (κ3) is 8.49. The number of nitrogens with zero attached hydrogens (tertiary/aromatic N) is 2. The van der Waals surface area contributed by atoms with Crippen LogP contribution < -0.4 is 10.6 Å². The molecule has 0 bridgehead atoms. The Morgan fingerprint density at radius 1 is 0.769 bits per heavy atom. The summed E-state index contributed by atoms with van der Waals surface area (Å²) in [4.78, 5) is 28.9. The van der Waals surface area contributed by atoms with E-state index in [0.717, 1.165) is 12.8 Å². The van der Waals surface area contributed by atoms with Crippen molar-refractivity contribution in [2.45, 2.75) is 90.4 Å². The van der Waals surface area contributed by atoms with Crippen LogP contribution in [0.2, 0.25) is 0 Å². The Morgan fingerprint density at radius 2 is 1.08 bits per heavy atom. The topological polar surface area (TPSA) is 64.7 Å². The third-order valence-electron chi connectivity index (χ3n) is 4.64. The van der Waals surface area contributed by atoms with Crippen LogP contribution in [0.3, 0.4) is 0 Å². The van der Waals surface area contributed by atoms with Gasteiger partial charge >= 0.3 is 0 Å². The smallest absolute Gasteiger partial charge is 0.234 e. The van der Waals surface area contributed by atoms with Gasteiger partial charge in [-0.05, 0) is 68.5 Å². The fourth-order valence-corrected chi connectivity index (χ4v) is 3.72. The first-order valence-corrected chi connectivity index (χ1v) is 9.81. The van der Waals surface area contributed by atoms with E-state index in [-0.39, 0.29) is 22.9 Å². The van der Waals surface area contributed by atoms with Crippen molar-refractivity contribution in [1.29, 1.82) is 0 Å². The Labute approximate surface area is 160 Å². The van der Waals surface area contributed by atoms with Crippen LogP contribution in [0.5, 0.6) is 0 Å². The second kappa shape index (κ2) is 9.18. The van der Waals surface area contributed by atoms with Crippen molar-refractivity contribution in [2.24, 2.45) is 0 Å². The molecular weight excluding hydrogens is 328 g/mol. The zero-order valence-electron chi connectivity index (χ0n) is 18.1. The number of hydrogen-bond donors (Lipinski definition) is 2. The molecule has 2 N–H and O–H groups in total. The fraction of sp³-hybridized carbons (Fsp3) is 0.900. The van der Waals surface area contributed by atoms with Gasteiger partial charge in [0, 0.05) is 23.2 Å². The van der Waals surface area contributed by atoms with Crippen LogP contribution >= 0.6 is 0 Å². The highest BCUT2D eigenvalue weighted by Gasteiger charge is 2.33. The molecule has 1 saturated carbocycles. The minimum atomic E-state index is -0.217. The maximum atomic E-state index is 12.3. The van der Waals surface area contributed by atoms with Gasteiger partial charge < -0.3 is 10.6 Å². The third-order valence-corrected chi connectivity index (χ3v) is 4.64. The molecule has 0 saturated heterocycles. The Morgan fingerprint density at radius 3 is 1.35 bits per heavy atom. The molecular formula is C20H40N4O2. The van der Waals surface area contributed by atoms with E-state index < -0.39 is 0 Å². The lowest BCUT2D eigenvalue weighted by molar-refractivity contribution is -0.126. The summed E-state index contributed by atoms with van der Waals surface area (Å²) in [5, 5.41) is 6.07. The molecule has 152 valence electrons. The van der Waals surface area contributed by atoms with E-state index in [9.17, 15) is 9.59 Å². The molecule has 1 rings (SSSR count). The van der Waals surface area contributed by atoms with Crippen molar-refractivity contribution in [2.75, 3.05) is 27.2 Å². The van der Waals surface area contributed by atoms with Gasteiger partial charge in [0.05, 0.1) is 13.1 Å². The summed E-state index contributed by atoms with van der Waals surface area (Å²) in [7, 11) is 4.04. The molecule has 26 heavy (non-hydrogen) atoms. The van der Waals surface area contributed by atoms with Gasteiger partial charge in [-0.1, -0.05) is 12.8 Å². The standard InChI is InChI=1S/C20H40N4O2/c1-19(2,3)21-17(25)13-23(7)15-11-9-10-12-16(15)24(8)14-18(26)22-20(4,5)6/h15-16H,9-14H2,1-8H3,(H,21,25)(H,22,26). The number of carbonyl (C=O) groups is 2. The molecule has 0 heterocycles. The van der Waals surface area contributed by atoms with E-state index in [2.05, 4.69) is 20.4 Å². The second-order valence-corrected chi connectivity index (χ2v) is 9.85. The van der Waals surface area contributed by atoms with Crippen LogP contribution in [0, 0.1) is 0 Å². The second-order valence-electron chi connectivity index (χ2n) is 9.85. The minimum Gasteiger partial charge on any atom is -0.350 e. The summed E-state index contributed by atoms with van der Waals surface area (Å²) in [6, 6.07) is 0.587. The molecule has 1 aliphatic rings. The SMILES string of the molecule is CN(CC(=O)NC(C)(C)C)C1CCCCC1N(C)CC(=O)NC(C)(C)C. The van der Waals surface area contributed by atoms with E-state index in [0.29, 0.717) is 25.2 Å². The first kappa shape index (κ1) is 22.9. The van der Waals surface area contributed by atoms with Gasteiger partial charge in [-0.2, -0.15) is 0 Å². The van der Waals surface area contributed by atoms with Crippen LogP contribution in [-0.4, -0.2) is 72.0 Å². The van der Waals surface area contributed by atoms with E-state index >= 15 is 0 Å².